The van der Waals surface area contributed by atoms with Gasteiger partial charge in [0.1, 0.15) is 24.0 Å². The number of amides is 1. The molecule has 1 heterocycles. The van der Waals surface area contributed by atoms with Crippen molar-refractivity contribution in [3.63, 3.8) is 0 Å². The number of aliphatic hydroxyl groups is 1. The largest absolute Gasteiger partial charge is 0.482 e. The van der Waals surface area contributed by atoms with Gasteiger partial charge in [-0.25, -0.2) is 8.78 Å². The first-order chi connectivity index (χ1) is 11.9. The Bertz CT molecular complexity index is 833. The van der Waals surface area contributed by atoms with Gasteiger partial charge in [0.25, 0.3) is 5.91 Å². The third-order valence-electron chi connectivity index (χ3n) is 4.11. The zero-order chi connectivity index (χ0) is 18.1. The highest BCUT2D eigenvalue weighted by molar-refractivity contribution is 6.02. The molecule has 2 aromatic carbocycles. The number of aliphatic hydroxyl groups excluding tert-OH is 1. The first-order valence-electron chi connectivity index (χ1n) is 7.61. The van der Waals surface area contributed by atoms with E-state index in [1.165, 1.54) is 36.1 Å². The molecule has 5 nitrogen and oxygen atoms in total. The van der Waals surface area contributed by atoms with Gasteiger partial charge in [0, 0.05) is 11.1 Å². The number of rotatable bonds is 4. The van der Waals surface area contributed by atoms with E-state index < -0.39 is 36.0 Å². The Morgan fingerprint density at radius 1 is 1.28 bits per heavy atom. The quantitative estimate of drug-likeness (QED) is 0.864. The standard InChI is InChI=1S/C18H15F2NO4/c1-10(18-12(19)3-2-4-13(18)20)21-14-7-11(15(23)8-22)5-6-16(14)25-9-17(21)24/h2-7,10,22H,8-9H2,1H3. The highest BCUT2D eigenvalue weighted by Gasteiger charge is 2.33. The maximum Gasteiger partial charge on any atom is 0.265 e. The van der Waals surface area contributed by atoms with E-state index in [1.54, 1.807) is 0 Å². The molecule has 1 atom stereocenters. The number of hydrogen-bond acceptors (Lipinski definition) is 4. The van der Waals surface area contributed by atoms with Crippen molar-refractivity contribution in [2.24, 2.45) is 0 Å². The Morgan fingerprint density at radius 3 is 2.60 bits per heavy atom. The van der Waals surface area contributed by atoms with Crippen LogP contribution in [0.2, 0.25) is 0 Å². The van der Waals surface area contributed by atoms with Crippen LogP contribution in [-0.2, 0) is 4.79 Å². The normalized spacial score (nSPS) is 14.7. The summed E-state index contributed by atoms with van der Waals surface area (Å²) in [6.07, 6.45) is 0. The molecule has 0 aromatic heterocycles. The first-order valence-corrected chi connectivity index (χ1v) is 7.61. The molecule has 25 heavy (non-hydrogen) atoms. The number of carbonyl (C=O) groups excluding carboxylic acids is 2. The second-order valence-electron chi connectivity index (χ2n) is 5.63. The Morgan fingerprint density at radius 2 is 1.96 bits per heavy atom. The number of fused-ring (bicyclic) bond motifs is 1. The monoisotopic (exact) mass is 347 g/mol. The average molecular weight is 347 g/mol. The van der Waals surface area contributed by atoms with E-state index in [4.69, 9.17) is 9.84 Å². The maximum absolute atomic E-state index is 14.1. The highest BCUT2D eigenvalue weighted by Crippen LogP contribution is 2.39. The molecule has 7 heteroatoms. The molecular weight excluding hydrogens is 332 g/mol. The number of nitrogens with zero attached hydrogens (tertiary/aromatic N) is 1. The minimum Gasteiger partial charge on any atom is -0.482 e. The lowest BCUT2D eigenvalue weighted by Gasteiger charge is -2.34. The molecule has 0 saturated heterocycles. The van der Waals surface area contributed by atoms with Crippen molar-refractivity contribution >= 4 is 17.4 Å². The van der Waals surface area contributed by atoms with E-state index in [1.807, 2.05) is 0 Å². The summed E-state index contributed by atoms with van der Waals surface area (Å²) in [5.41, 5.74) is 0.152. The SMILES string of the molecule is CC(c1c(F)cccc1F)N1C(=O)COc2ccc(C(=O)CO)cc21. The molecule has 0 fully saturated rings. The minimum atomic E-state index is -0.948. The summed E-state index contributed by atoms with van der Waals surface area (Å²) in [6.45, 7) is 0.529. The highest BCUT2D eigenvalue weighted by atomic mass is 19.1. The fourth-order valence-electron chi connectivity index (χ4n) is 2.90. The van der Waals surface area contributed by atoms with Crippen LogP contribution >= 0.6 is 0 Å². The van der Waals surface area contributed by atoms with E-state index >= 15 is 0 Å². The van der Waals surface area contributed by atoms with Crippen molar-refractivity contribution in [3.05, 3.63) is 59.2 Å². The molecule has 3 rings (SSSR count). The van der Waals surface area contributed by atoms with E-state index in [9.17, 15) is 18.4 Å². The molecular formula is C18H15F2NO4. The molecule has 1 amide bonds. The minimum absolute atomic E-state index is 0.172. The lowest BCUT2D eigenvalue weighted by Crippen LogP contribution is -2.41. The van der Waals surface area contributed by atoms with Crippen LogP contribution in [0, 0.1) is 11.6 Å². The lowest BCUT2D eigenvalue weighted by molar-refractivity contribution is -0.121. The van der Waals surface area contributed by atoms with Crippen LogP contribution in [0.15, 0.2) is 36.4 Å². The zero-order valence-corrected chi connectivity index (χ0v) is 13.3. The zero-order valence-electron chi connectivity index (χ0n) is 13.3. The van der Waals surface area contributed by atoms with Gasteiger partial charge in [-0.1, -0.05) is 6.07 Å². The van der Waals surface area contributed by atoms with Gasteiger partial charge in [-0.3, -0.25) is 14.5 Å². The van der Waals surface area contributed by atoms with Crippen molar-refractivity contribution in [2.45, 2.75) is 13.0 Å². The molecule has 1 aliphatic heterocycles. The molecule has 2 aromatic rings. The Labute approximate surface area is 142 Å². The van der Waals surface area contributed by atoms with Crippen molar-refractivity contribution in [3.8, 4) is 5.75 Å². The molecule has 0 saturated carbocycles. The third-order valence-corrected chi connectivity index (χ3v) is 4.11. The fraction of sp³-hybridized carbons (Fsp3) is 0.222. The van der Waals surface area contributed by atoms with Gasteiger partial charge < -0.3 is 9.84 Å². The van der Waals surface area contributed by atoms with E-state index in [0.29, 0.717) is 5.75 Å². The molecule has 0 aliphatic carbocycles. The maximum atomic E-state index is 14.1. The van der Waals surface area contributed by atoms with Crippen molar-refractivity contribution in [1.29, 1.82) is 0 Å². The molecule has 130 valence electrons. The van der Waals surface area contributed by atoms with Crippen molar-refractivity contribution in [2.75, 3.05) is 18.1 Å². The van der Waals surface area contributed by atoms with E-state index in [-0.39, 0.29) is 23.4 Å². The number of hydrogen-bond donors (Lipinski definition) is 1. The topological polar surface area (TPSA) is 66.8 Å². The Balaban J connectivity index is 2.11. The number of ether oxygens (including phenoxy) is 1. The van der Waals surface area contributed by atoms with Gasteiger partial charge in [-0.15, -0.1) is 0 Å². The number of Topliss-reactive ketones (excluding diaryl/α,β-unsaturated/α-hetero) is 1. The van der Waals surface area contributed by atoms with E-state index in [2.05, 4.69) is 0 Å². The van der Waals surface area contributed by atoms with Crippen LogP contribution in [0.1, 0.15) is 28.9 Å². The fourth-order valence-corrected chi connectivity index (χ4v) is 2.90. The summed E-state index contributed by atoms with van der Waals surface area (Å²) in [4.78, 5) is 25.3. The lowest BCUT2D eigenvalue weighted by atomic mass is 10.0. The van der Waals surface area contributed by atoms with Crippen LogP contribution in [0.25, 0.3) is 0 Å². The van der Waals surface area contributed by atoms with Gasteiger partial charge in [0.2, 0.25) is 0 Å². The second-order valence-corrected chi connectivity index (χ2v) is 5.63. The predicted octanol–water partition coefficient (Wildman–Crippen LogP) is 2.63. The summed E-state index contributed by atoms with van der Waals surface area (Å²) < 4.78 is 33.6. The van der Waals surface area contributed by atoms with Gasteiger partial charge in [-0.2, -0.15) is 0 Å². The predicted molar refractivity (Wildman–Crippen MR) is 85.6 cm³/mol. The first kappa shape index (κ1) is 17.0. The molecule has 0 spiro atoms. The van der Waals surface area contributed by atoms with Crippen LogP contribution in [0.5, 0.6) is 5.75 Å². The van der Waals surface area contributed by atoms with E-state index in [0.717, 1.165) is 12.1 Å². The Kier molecular flexibility index (Phi) is 4.50. The summed E-state index contributed by atoms with van der Waals surface area (Å²) >= 11 is 0. The summed E-state index contributed by atoms with van der Waals surface area (Å²) in [7, 11) is 0. The Hall–Kier alpha value is -2.80. The number of ketones is 1. The molecule has 1 aliphatic rings. The van der Waals surface area contributed by atoms with Gasteiger partial charge in [0.15, 0.2) is 12.4 Å². The number of anilines is 1. The summed E-state index contributed by atoms with van der Waals surface area (Å²) in [5.74, 6) is -2.24. The average Bonchev–Trinajstić information content (AvgIpc) is 2.60. The molecule has 1 unspecified atom stereocenters. The summed E-state index contributed by atoms with van der Waals surface area (Å²) in [6, 6.07) is 6.85. The van der Waals surface area contributed by atoms with Gasteiger partial charge in [-0.05, 0) is 37.3 Å². The van der Waals surface area contributed by atoms with Gasteiger partial charge >= 0.3 is 0 Å². The van der Waals surface area contributed by atoms with Crippen LogP contribution in [0.4, 0.5) is 14.5 Å². The number of halogens is 2. The van der Waals surface area contributed by atoms with Crippen molar-refractivity contribution < 1.29 is 28.2 Å². The second kappa shape index (κ2) is 6.60. The molecule has 0 radical (unpaired) electrons. The number of carbonyl (C=O) groups is 2. The molecule has 1 N–H and O–H groups in total. The van der Waals surface area contributed by atoms with Crippen LogP contribution in [0.3, 0.4) is 0 Å². The third kappa shape index (κ3) is 2.98. The van der Waals surface area contributed by atoms with Gasteiger partial charge in [0.05, 0.1) is 11.7 Å². The van der Waals surface area contributed by atoms with Crippen LogP contribution in [-0.4, -0.2) is 30.0 Å². The molecule has 0 bridgehead atoms. The smallest absolute Gasteiger partial charge is 0.265 e. The number of benzene rings is 2. The van der Waals surface area contributed by atoms with Crippen molar-refractivity contribution in [1.82, 2.24) is 0 Å². The summed E-state index contributed by atoms with van der Waals surface area (Å²) in [5, 5.41) is 9.01. The van der Waals surface area contributed by atoms with Crippen LogP contribution < -0.4 is 9.64 Å².